The normalized spacial score (nSPS) is 42.0. The highest BCUT2D eigenvalue weighted by molar-refractivity contribution is 5.01. The lowest BCUT2D eigenvalue weighted by Gasteiger charge is -2.56. The Bertz CT molecular complexity index is 274. The van der Waals surface area contributed by atoms with Gasteiger partial charge in [0.05, 0.1) is 12.7 Å². The van der Waals surface area contributed by atoms with Gasteiger partial charge in [-0.15, -0.1) is 0 Å². The van der Waals surface area contributed by atoms with Gasteiger partial charge in [-0.2, -0.15) is 0 Å². The van der Waals surface area contributed by atoms with Crippen LogP contribution >= 0.6 is 0 Å². The van der Waals surface area contributed by atoms with Gasteiger partial charge < -0.3 is 10.1 Å². The molecule has 0 aromatic carbocycles. The van der Waals surface area contributed by atoms with Crippen LogP contribution in [0.4, 0.5) is 0 Å². The number of likely N-dealkylation sites (N-methyl/N-ethyl adjacent to an activating group) is 1. The first kappa shape index (κ1) is 13.9. The third kappa shape index (κ3) is 2.85. The van der Waals surface area contributed by atoms with Gasteiger partial charge >= 0.3 is 0 Å². The molecule has 1 unspecified atom stereocenters. The number of rotatable bonds is 6. The molecule has 19 heavy (non-hydrogen) atoms. The minimum atomic E-state index is 0.359. The predicted molar refractivity (Wildman–Crippen MR) is 79.1 cm³/mol. The summed E-state index contributed by atoms with van der Waals surface area (Å²) in [6, 6.07) is 0.599. The van der Waals surface area contributed by atoms with Crippen LogP contribution in [0.3, 0.4) is 0 Å². The highest BCUT2D eigenvalue weighted by Gasteiger charge is 2.50. The Labute approximate surface area is 118 Å². The van der Waals surface area contributed by atoms with E-state index >= 15 is 0 Å². The van der Waals surface area contributed by atoms with Gasteiger partial charge in [0.1, 0.15) is 0 Å². The van der Waals surface area contributed by atoms with Crippen molar-refractivity contribution in [2.45, 2.75) is 65.0 Å². The fraction of sp³-hybridized carbons (Fsp3) is 1.00. The molecule has 0 saturated heterocycles. The van der Waals surface area contributed by atoms with E-state index in [1.165, 1.54) is 25.7 Å². The summed E-state index contributed by atoms with van der Waals surface area (Å²) < 4.78 is 5.95. The summed E-state index contributed by atoms with van der Waals surface area (Å²) >= 11 is 0. The fourth-order valence-corrected chi connectivity index (χ4v) is 5.49. The highest BCUT2D eigenvalue weighted by Crippen LogP contribution is 2.57. The SMILES string of the molecule is CCNC(COC(C)C)C1C2CC3CC(C2)CC1C3. The van der Waals surface area contributed by atoms with E-state index in [0.29, 0.717) is 12.1 Å². The summed E-state index contributed by atoms with van der Waals surface area (Å²) in [5.74, 6) is 5.04. The van der Waals surface area contributed by atoms with Crippen molar-refractivity contribution in [2.24, 2.45) is 29.6 Å². The maximum absolute atomic E-state index is 5.95. The molecule has 110 valence electrons. The van der Waals surface area contributed by atoms with E-state index in [1.807, 2.05) is 0 Å². The van der Waals surface area contributed by atoms with E-state index in [9.17, 15) is 0 Å². The Morgan fingerprint density at radius 2 is 1.58 bits per heavy atom. The summed E-state index contributed by atoms with van der Waals surface area (Å²) in [4.78, 5) is 0. The molecule has 0 aliphatic heterocycles. The molecule has 2 nitrogen and oxygen atoms in total. The second kappa shape index (κ2) is 5.73. The molecule has 1 atom stereocenters. The molecule has 0 amide bonds. The Balaban J connectivity index is 1.67. The molecule has 0 radical (unpaired) electrons. The van der Waals surface area contributed by atoms with Gasteiger partial charge in [-0.3, -0.25) is 0 Å². The van der Waals surface area contributed by atoms with Crippen LogP contribution in [0, 0.1) is 29.6 Å². The molecule has 0 heterocycles. The van der Waals surface area contributed by atoms with Gasteiger partial charge in [0.25, 0.3) is 0 Å². The molecule has 4 bridgehead atoms. The van der Waals surface area contributed by atoms with Crippen LogP contribution in [-0.4, -0.2) is 25.3 Å². The largest absolute Gasteiger partial charge is 0.377 e. The lowest BCUT2D eigenvalue weighted by atomic mass is 9.50. The zero-order valence-electron chi connectivity index (χ0n) is 12.9. The molecule has 0 aromatic rings. The van der Waals surface area contributed by atoms with E-state index < -0.39 is 0 Å². The van der Waals surface area contributed by atoms with Crippen LogP contribution in [0.1, 0.15) is 52.9 Å². The topological polar surface area (TPSA) is 21.3 Å². The molecule has 2 heteroatoms. The Morgan fingerprint density at radius 1 is 1.00 bits per heavy atom. The Hall–Kier alpha value is -0.0800. The molecular weight excluding hydrogens is 234 g/mol. The first-order valence-electron chi connectivity index (χ1n) is 8.52. The summed E-state index contributed by atoms with van der Waals surface area (Å²) in [5.41, 5.74) is 0. The zero-order valence-corrected chi connectivity index (χ0v) is 12.9. The predicted octanol–water partition coefficient (Wildman–Crippen LogP) is 3.46. The Morgan fingerprint density at radius 3 is 2.05 bits per heavy atom. The quantitative estimate of drug-likeness (QED) is 0.794. The summed E-state index contributed by atoms with van der Waals surface area (Å²) in [5, 5.41) is 3.74. The van der Waals surface area contributed by atoms with Crippen molar-refractivity contribution in [3.05, 3.63) is 0 Å². The Kier molecular flexibility index (Phi) is 4.19. The first-order valence-corrected chi connectivity index (χ1v) is 8.52. The van der Waals surface area contributed by atoms with Crippen molar-refractivity contribution in [3.63, 3.8) is 0 Å². The van der Waals surface area contributed by atoms with Crippen molar-refractivity contribution in [1.29, 1.82) is 0 Å². The summed E-state index contributed by atoms with van der Waals surface area (Å²) in [7, 11) is 0. The van der Waals surface area contributed by atoms with Crippen molar-refractivity contribution in [1.82, 2.24) is 5.32 Å². The lowest BCUT2D eigenvalue weighted by molar-refractivity contribution is -0.0692. The average Bonchev–Trinajstić information content (AvgIpc) is 2.34. The molecule has 4 saturated carbocycles. The van der Waals surface area contributed by atoms with Gasteiger partial charge in [-0.05, 0) is 82.1 Å². The lowest BCUT2D eigenvalue weighted by Crippen LogP contribution is -2.54. The average molecular weight is 265 g/mol. The maximum atomic E-state index is 5.95. The van der Waals surface area contributed by atoms with Gasteiger partial charge in [0, 0.05) is 6.04 Å². The zero-order chi connectivity index (χ0) is 13.4. The standard InChI is InChI=1S/C17H31NO/c1-4-18-16(10-19-11(2)3)17-14-6-12-5-13(8-14)9-15(17)7-12/h11-18H,4-10H2,1-3H3. The van der Waals surface area contributed by atoms with Gasteiger partial charge in [0.15, 0.2) is 0 Å². The molecule has 0 spiro atoms. The molecule has 1 N–H and O–H groups in total. The van der Waals surface area contributed by atoms with E-state index in [4.69, 9.17) is 4.74 Å². The molecular formula is C17H31NO. The fourth-order valence-electron chi connectivity index (χ4n) is 5.49. The number of hydrogen-bond acceptors (Lipinski definition) is 2. The smallest absolute Gasteiger partial charge is 0.0626 e. The van der Waals surface area contributed by atoms with E-state index in [2.05, 4.69) is 26.1 Å². The van der Waals surface area contributed by atoms with E-state index in [-0.39, 0.29) is 0 Å². The highest BCUT2D eigenvalue weighted by atomic mass is 16.5. The van der Waals surface area contributed by atoms with Gasteiger partial charge in [-0.1, -0.05) is 6.92 Å². The van der Waals surface area contributed by atoms with Crippen LogP contribution < -0.4 is 5.32 Å². The molecule has 0 aromatic heterocycles. The first-order chi connectivity index (χ1) is 9.17. The van der Waals surface area contributed by atoms with Crippen LogP contribution in [-0.2, 0) is 4.74 Å². The molecule has 4 fully saturated rings. The van der Waals surface area contributed by atoms with Gasteiger partial charge in [-0.25, -0.2) is 0 Å². The number of ether oxygens (including phenoxy) is 1. The number of nitrogens with one attached hydrogen (secondary N) is 1. The van der Waals surface area contributed by atoms with Gasteiger partial charge in [0.2, 0.25) is 0 Å². The van der Waals surface area contributed by atoms with Crippen molar-refractivity contribution >= 4 is 0 Å². The van der Waals surface area contributed by atoms with Crippen LogP contribution in [0.15, 0.2) is 0 Å². The maximum Gasteiger partial charge on any atom is 0.0626 e. The van der Waals surface area contributed by atoms with Crippen LogP contribution in [0.2, 0.25) is 0 Å². The minimum Gasteiger partial charge on any atom is -0.377 e. The van der Waals surface area contributed by atoms with E-state index in [0.717, 1.165) is 42.7 Å². The second-order valence-corrected chi connectivity index (χ2v) is 7.55. The van der Waals surface area contributed by atoms with Crippen molar-refractivity contribution in [3.8, 4) is 0 Å². The molecule has 4 aliphatic rings. The molecule has 4 aliphatic carbocycles. The third-order valence-electron chi connectivity index (χ3n) is 5.84. The second-order valence-electron chi connectivity index (χ2n) is 7.55. The van der Waals surface area contributed by atoms with Crippen molar-refractivity contribution < 1.29 is 4.74 Å². The number of hydrogen-bond donors (Lipinski definition) is 1. The van der Waals surface area contributed by atoms with Crippen molar-refractivity contribution in [2.75, 3.05) is 13.2 Å². The van der Waals surface area contributed by atoms with Crippen LogP contribution in [0.5, 0.6) is 0 Å². The summed E-state index contributed by atoms with van der Waals surface area (Å²) in [6.45, 7) is 8.53. The minimum absolute atomic E-state index is 0.359. The van der Waals surface area contributed by atoms with E-state index in [1.54, 1.807) is 6.42 Å². The summed E-state index contributed by atoms with van der Waals surface area (Å²) in [6.07, 6.45) is 7.97. The van der Waals surface area contributed by atoms with Crippen LogP contribution in [0.25, 0.3) is 0 Å². The molecule has 4 rings (SSSR count). The third-order valence-corrected chi connectivity index (χ3v) is 5.84. The monoisotopic (exact) mass is 265 g/mol.